The van der Waals surface area contributed by atoms with Crippen molar-refractivity contribution in [3.8, 4) is 0 Å². The van der Waals surface area contributed by atoms with Gasteiger partial charge in [-0.1, -0.05) is 23.2 Å². The maximum Gasteiger partial charge on any atom is 0.319 e. The number of urea groups is 1. The van der Waals surface area contributed by atoms with Crippen LogP contribution in [0.1, 0.15) is 20.3 Å². The van der Waals surface area contributed by atoms with Crippen molar-refractivity contribution >= 4 is 56.8 Å². The normalized spacial score (nSPS) is 11.1. The van der Waals surface area contributed by atoms with E-state index in [4.69, 9.17) is 28.3 Å². The van der Waals surface area contributed by atoms with Crippen LogP contribution in [0.4, 0.5) is 10.5 Å². The van der Waals surface area contributed by atoms with Crippen molar-refractivity contribution in [1.29, 1.82) is 0 Å². The van der Waals surface area contributed by atoms with Crippen LogP contribution in [0.15, 0.2) is 16.6 Å². The lowest BCUT2D eigenvalue weighted by Gasteiger charge is -2.24. The van der Waals surface area contributed by atoms with E-state index in [0.29, 0.717) is 10.2 Å². The van der Waals surface area contributed by atoms with E-state index in [-0.39, 0.29) is 16.5 Å². The summed E-state index contributed by atoms with van der Waals surface area (Å²) in [7, 11) is 0. The average molecular weight is 384 g/mol. The topological polar surface area (TPSA) is 78.4 Å². The molecule has 0 aliphatic rings. The highest BCUT2D eigenvalue weighted by atomic mass is 79.9. The Morgan fingerprint density at radius 2 is 1.90 bits per heavy atom. The Bertz CT molecular complexity index is 550. The fourth-order valence-corrected chi connectivity index (χ4v) is 2.33. The molecule has 1 aromatic rings. The van der Waals surface area contributed by atoms with Crippen LogP contribution in [0.25, 0.3) is 0 Å². The zero-order chi connectivity index (χ0) is 15.5. The highest BCUT2D eigenvalue weighted by Gasteiger charge is 2.24. The molecule has 1 rings (SSSR count). The van der Waals surface area contributed by atoms with Gasteiger partial charge in [0.25, 0.3) is 0 Å². The number of halogens is 3. The van der Waals surface area contributed by atoms with Gasteiger partial charge in [0.2, 0.25) is 0 Å². The lowest BCUT2D eigenvalue weighted by Crippen LogP contribution is -2.46. The van der Waals surface area contributed by atoms with Crippen LogP contribution in [-0.4, -0.2) is 22.6 Å². The molecule has 3 N–H and O–H groups in total. The number of carboxylic acid groups (broad SMARTS) is 1. The maximum atomic E-state index is 11.8. The largest absolute Gasteiger partial charge is 0.481 e. The molecule has 0 aliphatic heterocycles. The number of benzene rings is 1. The summed E-state index contributed by atoms with van der Waals surface area (Å²) in [5, 5.41) is 14.3. The molecule has 2 amide bonds. The molecule has 0 aliphatic carbocycles. The zero-order valence-corrected chi connectivity index (χ0v) is 13.9. The lowest BCUT2D eigenvalue weighted by atomic mass is 10.0. The first-order valence-electron chi connectivity index (χ1n) is 5.57. The predicted molar refractivity (Wildman–Crippen MR) is 82.6 cm³/mol. The summed E-state index contributed by atoms with van der Waals surface area (Å²) in [4.78, 5) is 22.5. The van der Waals surface area contributed by atoms with Crippen molar-refractivity contribution in [1.82, 2.24) is 5.32 Å². The second-order valence-corrected chi connectivity index (χ2v) is 6.37. The van der Waals surface area contributed by atoms with E-state index in [9.17, 15) is 9.59 Å². The highest BCUT2D eigenvalue weighted by molar-refractivity contribution is 9.10. The van der Waals surface area contributed by atoms with E-state index in [1.807, 2.05) is 0 Å². The summed E-state index contributed by atoms with van der Waals surface area (Å²) in [6.07, 6.45) is -0.199. The van der Waals surface area contributed by atoms with Crippen LogP contribution >= 0.6 is 39.1 Å². The fourth-order valence-electron chi connectivity index (χ4n) is 1.51. The van der Waals surface area contributed by atoms with Crippen LogP contribution < -0.4 is 10.6 Å². The first-order valence-corrected chi connectivity index (χ1v) is 7.12. The number of aliphatic carboxylic acids is 1. The van der Waals surface area contributed by atoms with Crippen LogP contribution in [0.3, 0.4) is 0 Å². The molecular weight excluding hydrogens is 371 g/mol. The first kappa shape index (κ1) is 17.1. The van der Waals surface area contributed by atoms with E-state index < -0.39 is 17.5 Å². The van der Waals surface area contributed by atoms with Crippen molar-refractivity contribution in [3.63, 3.8) is 0 Å². The van der Waals surface area contributed by atoms with E-state index in [1.165, 1.54) is 0 Å². The molecule has 0 heterocycles. The third kappa shape index (κ3) is 4.85. The van der Waals surface area contributed by atoms with Gasteiger partial charge in [-0.3, -0.25) is 4.79 Å². The number of carbonyl (C=O) groups is 2. The van der Waals surface area contributed by atoms with Gasteiger partial charge in [0, 0.05) is 10.0 Å². The minimum atomic E-state index is -1.000. The maximum absolute atomic E-state index is 11.8. The molecule has 0 radical (unpaired) electrons. The van der Waals surface area contributed by atoms with Gasteiger partial charge in [-0.25, -0.2) is 4.79 Å². The van der Waals surface area contributed by atoms with Crippen molar-refractivity contribution in [2.45, 2.75) is 25.8 Å². The second kappa shape index (κ2) is 6.65. The third-order valence-corrected chi connectivity index (χ3v) is 4.10. The predicted octanol–water partition coefficient (Wildman–Crippen LogP) is 4.13. The Hall–Kier alpha value is -0.980. The average Bonchev–Trinajstić information content (AvgIpc) is 2.27. The molecule has 0 saturated carbocycles. The molecule has 0 saturated heterocycles. The molecule has 0 aromatic heterocycles. The SMILES string of the molecule is CC(C)(CC(=O)O)NC(=O)Nc1ccc(Br)c(Cl)c1Cl. The molecule has 8 heteroatoms. The summed E-state index contributed by atoms with van der Waals surface area (Å²) in [5.41, 5.74) is -0.551. The van der Waals surface area contributed by atoms with Crippen LogP contribution in [0.2, 0.25) is 10.0 Å². The van der Waals surface area contributed by atoms with E-state index in [2.05, 4.69) is 26.6 Å². The van der Waals surface area contributed by atoms with Gasteiger partial charge in [0.1, 0.15) is 0 Å². The molecule has 0 spiro atoms. The summed E-state index contributed by atoms with van der Waals surface area (Å²) in [6.45, 7) is 3.22. The van der Waals surface area contributed by atoms with Gasteiger partial charge < -0.3 is 15.7 Å². The Morgan fingerprint density at radius 1 is 1.30 bits per heavy atom. The number of nitrogens with one attached hydrogen (secondary N) is 2. The Balaban J connectivity index is 2.77. The number of carboxylic acids is 1. The quantitative estimate of drug-likeness (QED) is 0.684. The van der Waals surface area contributed by atoms with Crippen molar-refractivity contribution < 1.29 is 14.7 Å². The fraction of sp³-hybridized carbons (Fsp3) is 0.333. The number of amides is 2. The minimum absolute atomic E-state index is 0.199. The number of hydrogen-bond donors (Lipinski definition) is 3. The third-order valence-electron chi connectivity index (χ3n) is 2.33. The minimum Gasteiger partial charge on any atom is -0.481 e. The van der Waals surface area contributed by atoms with E-state index >= 15 is 0 Å². The molecule has 0 unspecified atom stereocenters. The number of hydrogen-bond acceptors (Lipinski definition) is 2. The summed E-state index contributed by atoms with van der Waals surface area (Å²) >= 11 is 15.2. The molecule has 1 aromatic carbocycles. The van der Waals surface area contributed by atoms with Gasteiger partial charge in [0.05, 0.1) is 22.2 Å². The number of rotatable bonds is 4. The highest BCUT2D eigenvalue weighted by Crippen LogP contribution is 2.35. The zero-order valence-electron chi connectivity index (χ0n) is 10.8. The Labute approximate surface area is 134 Å². The monoisotopic (exact) mass is 382 g/mol. The van der Waals surface area contributed by atoms with Crippen LogP contribution in [-0.2, 0) is 4.79 Å². The van der Waals surface area contributed by atoms with E-state index in [0.717, 1.165) is 0 Å². The summed E-state index contributed by atoms with van der Waals surface area (Å²) < 4.78 is 0.612. The van der Waals surface area contributed by atoms with Gasteiger partial charge in [0.15, 0.2) is 0 Å². The lowest BCUT2D eigenvalue weighted by molar-refractivity contribution is -0.138. The first-order chi connectivity index (χ1) is 9.12. The van der Waals surface area contributed by atoms with Crippen molar-refractivity contribution in [2.24, 2.45) is 0 Å². The van der Waals surface area contributed by atoms with Gasteiger partial charge in [-0.15, -0.1) is 0 Å². The molecular formula is C12H13BrCl2N2O3. The Morgan fingerprint density at radius 3 is 2.45 bits per heavy atom. The smallest absolute Gasteiger partial charge is 0.319 e. The standard InChI is InChI=1S/C12H13BrCl2N2O3/c1-12(2,5-8(18)19)17-11(20)16-7-4-3-6(13)9(14)10(7)15/h3-4H,5H2,1-2H3,(H,18,19)(H2,16,17,20). The van der Waals surface area contributed by atoms with Crippen LogP contribution in [0, 0.1) is 0 Å². The van der Waals surface area contributed by atoms with Crippen molar-refractivity contribution in [2.75, 3.05) is 5.32 Å². The molecule has 0 fully saturated rings. The number of anilines is 1. The van der Waals surface area contributed by atoms with Gasteiger partial charge in [-0.2, -0.15) is 0 Å². The summed E-state index contributed by atoms with van der Waals surface area (Å²) in [5.74, 6) is -1.000. The summed E-state index contributed by atoms with van der Waals surface area (Å²) in [6, 6.07) is 2.67. The van der Waals surface area contributed by atoms with Crippen molar-refractivity contribution in [3.05, 3.63) is 26.7 Å². The number of carbonyl (C=O) groups excluding carboxylic acids is 1. The molecule has 0 atom stereocenters. The second-order valence-electron chi connectivity index (χ2n) is 4.76. The Kier molecular flexibility index (Phi) is 5.68. The van der Waals surface area contributed by atoms with E-state index in [1.54, 1.807) is 26.0 Å². The molecule has 5 nitrogen and oxygen atoms in total. The molecule has 0 bridgehead atoms. The molecule has 110 valence electrons. The molecule has 20 heavy (non-hydrogen) atoms. The van der Waals surface area contributed by atoms with Gasteiger partial charge in [-0.05, 0) is 41.9 Å². The van der Waals surface area contributed by atoms with Crippen LogP contribution in [0.5, 0.6) is 0 Å². The van der Waals surface area contributed by atoms with Gasteiger partial charge >= 0.3 is 12.0 Å².